The van der Waals surface area contributed by atoms with Gasteiger partial charge in [-0.15, -0.1) is 0 Å². The van der Waals surface area contributed by atoms with Crippen LogP contribution in [0.3, 0.4) is 0 Å². The quantitative estimate of drug-likeness (QED) is 0.358. The Morgan fingerprint density at radius 1 is 1.12 bits per heavy atom. The first kappa shape index (κ1) is 24.5. The molecule has 0 aromatic carbocycles. The van der Waals surface area contributed by atoms with Crippen LogP contribution >= 0.6 is 0 Å². The average Bonchev–Trinajstić information content (AvgIpc) is 2.82. The topological polar surface area (TPSA) is 92.3 Å². The molecule has 7 nitrogen and oxygen atoms in total. The molecular formula is C25H40N4O3. The molecule has 2 aliphatic rings. The molecule has 32 heavy (non-hydrogen) atoms. The molecule has 7 heteroatoms. The van der Waals surface area contributed by atoms with Gasteiger partial charge in [-0.3, -0.25) is 4.79 Å². The third-order valence-corrected chi connectivity index (χ3v) is 6.92. The van der Waals surface area contributed by atoms with Crippen molar-refractivity contribution in [3.63, 3.8) is 0 Å². The molecule has 178 valence electrons. The fraction of sp³-hybridized carbons (Fsp3) is 0.720. The van der Waals surface area contributed by atoms with Gasteiger partial charge in [0, 0.05) is 17.7 Å². The number of pyridine rings is 1. The van der Waals surface area contributed by atoms with Crippen molar-refractivity contribution in [2.45, 2.75) is 83.6 Å². The Hall–Kier alpha value is -2.15. The van der Waals surface area contributed by atoms with Crippen molar-refractivity contribution in [1.82, 2.24) is 15.6 Å². The van der Waals surface area contributed by atoms with Gasteiger partial charge >= 0.3 is 5.97 Å². The molecule has 3 rings (SSSR count). The average molecular weight is 445 g/mol. The molecule has 1 aromatic rings. The highest BCUT2D eigenvalue weighted by Gasteiger charge is 2.36. The largest absolute Gasteiger partial charge is 0.467 e. The summed E-state index contributed by atoms with van der Waals surface area (Å²) in [5.41, 5.74) is 2.09. The summed E-state index contributed by atoms with van der Waals surface area (Å²) in [5, 5.41) is 9.66. The SMILES string of the molecule is COC(=O)[C@H](CCCCCCCc1ccc2c(n1)NCCC2)NC(=O)C1(C)CCNCC1. The van der Waals surface area contributed by atoms with E-state index in [1.165, 1.54) is 19.1 Å². The lowest BCUT2D eigenvalue weighted by Gasteiger charge is -2.33. The van der Waals surface area contributed by atoms with Crippen molar-refractivity contribution in [3.05, 3.63) is 23.4 Å². The molecule has 0 saturated carbocycles. The molecule has 1 fully saturated rings. The molecule has 3 N–H and O–H groups in total. The summed E-state index contributed by atoms with van der Waals surface area (Å²) >= 11 is 0. The van der Waals surface area contributed by atoms with E-state index < -0.39 is 11.5 Å². The van der Waals surface area contributed by atoms with E-state index in [1.54, 1.807) is 0 Å². The first-order chi connectivity index (χ1) is 15.5. The summed E-state index contributed by atoms with van der Waals surface area (Å²) in [4.78, 5) is 29.8. The van der Waals surface area contributed by atoms with Crippen LogP contribution in [-0.4, -0.2) is 49.6 Å². The fourth-order valence-corrected chi connectivity index (χ4v) is 4.62. The molecule has 1 aromatic heterocycles. The Morgan fingerprint density at radius 3 is 2.66 bits per heavy atom. The minimum atomic E-state index is -0.550. The number of methoxy groups -OCH3 is 1. The zero-order valence-corrected chi connectivity index (χ0v) is 19.8. The van der Waals surface area contributed by atoms with Crippen LogP contribution in [0.4, 0.5) is 5.82 Å². The van der Waals surface area contributed by atoms with Crippen LogP contribution in [0.1, 0.15) is 76.0 Å². The summed E-state index contributed by atoms with van der Waals surface area (Å²) in [5.74, 6) is 0.701. The molecule has 1 atom stereocenters. The number of aryl methyl sites for hydroxylation is 2. The lowest BCUT2D eigenvalue weighted by molar-refractivity contribution is -0.147. The second kappa shape index (κ2) is 12.2. The van der Waals surface area contributed by atoms with E-state index in [0.717, 1.165) is 88.9 Å². The Kier molecular flexibility index (Phi) is 9.33. The highest BCUT2D eigenvalue weighted by atomic mass is 16.5. The van der Waals surface area contributed by atoms with E-state index in [2.05, 4.69) is 28.1 Å². The number of esters is 1. The highest BCUT2D eigenvalue weighted by molar-refractivity contribution is 5.87. The molecule has 3 heterocycles. The molecule has 0 radical (unpaired) electrons. The Balaban J connectivity index is 1.34. The van der Waals surface area contributed by atoms with Crippen molar-refractivity contribution < 1.29 is 14.3 Å². The second-order valence-electron chi connectivity index (χ2n) is 9.51. The first-order valence-electron chi connectivity index (χ1n) is 12.3. The summed E-state index contributed by atoms with van der Waals surface area (Å²) in [7, 11) is 1.39. The third kappa shape index (κ3) is 6.92. The Bertz CT molecular complexity index is 762. The smallest absolute Gasteiger partial charge is 0.328 e. The number of amides is 1. The predicted molar refractivity (Wildman–Crippen MR) is 127 cm³/mol. The number of hydrogen-bond acceptors (Lipinski definition) is 6. The number of carbonyl (C=O) groups is 2. The number of ether oxygens (including phenoxy) is 1. The van der Waals surface area contributed by atoms with E-state index in [-0.39, 0.29) is 11.9 Å². The van der Waals surface area contributed by atoms with E-state index in [1.807, 2.05) is 6.92 Å². The number of nitrogens with zero attached hydrogens (tertiary/aromatic N) is 1. The summed E-state index contributed by atoms with van der Waals surface area (Å²) in [6, 6.07) is 3.83. The number of nitrogens with one attached hydrogen (secondary N) is 3. The molecule has 0 spiro atoms. The molecule has 1 amide bonds. The van der Waals surface area contributed by atoms with Crippen molar-refractivity contribution in [3.8, 4) is 0 Å². The van der Waals surface area contributed by atoms with Crippen molar-refractivity contribution in [2.24, 2.45) is 5.41 Å². The summed E-state index contributed by atoms with van der Waals surface area (Å²) < 4.78 is 4.94. The maximum absolute atomic E-state index is 12.8. The van der Waals surface area contributed by atoms with Gasteiger partial charge in [0.15, 0.2) is 0 Å². The van der Waals surface area contributed by atoms with Crippen LogP contribution in [0.5, 0.6) is 0 Å². The van der Waals surface area contributed by atoms with Gasteiger partial charge in [0.05, 0.1) is 7.11 Å². The molecule has 0 aliphatic carbocycles. The van der Waals surface area contributed by atoms with Gasteiger partial charge in [-0.2, -0.15) is 0 Å². The minimum absolute atomic E-state index is 0.0264. The van der Waals surface area contributed by atoms with Crippen LogP contribution < -0.4 is 16.0 Å². The van der Waals surface area contributed by atoms with Gasteiger partial charge in [0.2, 0.25) is 5.91 Å². The van der Waals surface area contributed by atoms with Crippen LogP contribution in [0, 0.1) is 5.41 Å². The number of fused-ring (bicyclic) bond motifs is 1. The normalized spacial score (nSPS) is 18.2. The van der Waals surface area contributed by atoms with Gasteiger partial charge in [0.1, 0.15) is 11.9 Å². The number of piperidine rings is 1. The van der Waals surface area contributed by atoms with E-state index >= 15 is 0 Å². The molecular weight excluding hydrogens is 404 g/mol. The zero-order chi connectivity index (χ0) is 22.8. The number of carbonyl (C=O) groups excluding carboxylic acids is 2. The van der Waals surface area contributed by atoms with Crippen molar-refractivity contribution in [2.75, 3.05) is 32.1 Å². The Morgan fingerprint density at radius 2 is 1.88 bits per heavy atom. The number of unbranched alkanes of at least 4 members (excludes halogenated alkanes) is 4. The van der Waals surface area contributed by atoms with Gasteiger partial charge < -0.3 is 20.7 Å². The van der Waals surface area contributed by atoms with E-state index in [0.29, 0.717) is 6.42 Å². The first-order valence-corrected chi connectivity index (χ1v) is 12.3. The molecule has 2 aliphatic heterocycles. The van der Waals surface area contributed by atoms with Crippen LogP contribution in [0.15, 0.2) is 12.1 Å². The molecule has 0 unspecified atom stereocenters. The van der Waals surface area contributed by atoms with Crippen LogP contribution in [0.2, 0.25) is 0 Å². The van der Waals surface area contributed by atoms with Gasteiger partial charge in [-0.1, -0.05) is 38.7 Å². The summed E-state index contributed by atoms with van der Waals surface area (Å²) in [6.07, 6.45) is 10.9. The maximum Gasteiger partial charge on any atom is 0.328 e. The number of aromatic nitrogens is 1. The Labute approximate surface area is 192 Å². The fourth-order valence-electron chi connectivity index (χ4n) is 4.62. The number of rotatable bonds is 11. The predicted octanol–water partition coefficient (Wildman–Crippen LogP) is 3.37. The lowest BCUT2D eigenvalue weighted by atomic mass is 9.80. The van der Waals surface area contributed by atoms with Crippen molar-refractivity contribution >= 4 is 17.7 Å². The lowest BCUT2D eigenvalue weighted by Crippen LogP contribution is -2.51. The maximum atomic E-state index is 12.8. The van der Waals surface area contributed by atoms with E-state index in [4.69, 9.17) is 9.72 Å². The van der Waals surface area contributed by atoms with E-state index in [9.17, 15) is 9.59 Å². The monoisotopic (exact) mass is 444 g/mol. The summed E-state index contributed by atoms with van der Waals surface area (Å²) in [6.45, 7) is 4.69. The number of hydrogen-bond donors (Lipinski definition) is 3. The highest BCUT2D eigenvalue weighted by Crippen LogP contribution is 2.28. The van der Waals surface area contributed by atoms with Crippen LogP contribution in [0.25, 0.3) is 0 Å². The van der Waals surface area contributed by atoms with Gasteiger partial charge in [0.25, 0.3) is 0 Å². The minimum Gasteiger partial charge on any atom is -0.467 e. The molecule has 0 bridgehead atoms. The van der Waals surface area contributed by atoms with Crippen LogP contribution in [-0.2, 0) is 27.2 Å². The standard InChI is InChI=1S/C25H40N4O3/c1-25(14-17-26-18-15-25)24(31)29-21(23(30)32-2)11-7-5-3-4-6-10-20-13-12-19-9-8-16-27-22(19)28-20/h12-13,21,26H,3-11,14-18H2,1-2H3,(H,27,28)(H,29,31)/t21-/m0/s1. The third-order valence-electron chi connectivity index (χ3n) is 6.92. The van der Waals surface area contributed by atoms with Crippen molar-refractivity contribution in [1.29, 1.82) is 0 Å². The number of anilines is 1. The second-order valence-corrected chi connectivity index (χ2v) is 9.51. The molecule has 1 saturated heterocycles. The zero-order valence-electron chi connectivity index (χ0n) is 19.8. The van der Waals surface area contributed by atoms with Gasteiger partial charge in [-0.25, -0.2) is 9.78 Å². The van der Waals surface area contributed by atoms with Gasteiger partial charge in [-0.05, 0) is 69.7 Å².